The Balaban J connectivity index is 0.000000193. The Morgan fingerprint density at radius 1 is 0.679 bits per heavy atom. The number of halogens is 8. The Labute approximate surface area is 439 Å². The van der Waals surface area contributed by atoms with Gasteiger partial charge in [0.05, 0.1) is 69.2 Å². The van der Waals surface area contributed by atoms with Crippen LogP contribution in [0.1, 0.15) is 69.2 Å². The molecule has 26 heteroatoms. The number of hydrogen-bond acceptors (Lipinski definition) is 11. The Bertz CT molecular complexity index is 3900. The van der Waals surface area contributed by atoms with E-state index >= 15 is 0 Å². The molecule has 10 rings (SSSR count). The molecule has 0 aliphatic rings. The maximum atomic E-state index is 13.9. The summed E-state index contributed by atoms with van der Waals surface area (Å²) in [5.41, 5.74) is 2.74. The lowest BCUT2D eigenvalue weighted by molar-refractivity contribution is -0.138. The second kappa shape index (κ2) is 21.1. The average Bonchev–Trinajstić information content (AvgIpc) is 4.20. The number of rotatable bonds is 13. The van der Waals surface area contributed by atoms with Crippen LogP contribution in [-0.2, 0) is 37.9 Å². The molecule has 0 radical (unpaired) electrons. The maximum Gasteiger partial charge on any atom is 0.416 e. The summed E-state index contributed by atoms with van der Waals surface area (Å²) >= 11 is 0. The molecule has 2 aromatic carbocycles. The van der Waals surface area contributed by atoms with E-state index in [0.29, 0.717) is 62.5 Å². The van der Waals surface area contributed by atoms with Crippen LogP contribution in [0.4, 0.5) is 35.1 Å². The highest BCUT2D eigenvalue weighted by atomic mass is 28.3. The molecule has 0 bridgehead atoms. The van der Waals surface area contributed by atoms with Gasteiger partial charge in [0.2, 0.25) is 0 Å². The van der Waals surface area contributed by atoms with Gasteiger partial charge in [-0.15, -0.1) is 0 Å². The van der Waals surface area contributed by atoms with Crippen molar-refractivity contribution >= 4 is 64.0 Å². The largest absolute Gasteiger partial charge is 0.416 e. The van der Waals surface area contributed by atoms with Gasteiger partial charge in [-0.05, 0) is 80.6 Å². The molecule has 2 atom stereocenters. The quantitative estimate of drug-likeness (QED) is 0.0563. The van der Waals surface area contributed by atoms with Gasteiger partial charge in [-0.2, -0.15) is 36.5 Å². The molecule has 0 aliphatic heterocycles. The van der Waals surface area contributed by atoms with E-state index in [9.17, 15) is 44.7 Å². The van der Waals surface area contributed by atoms with Crippen molar-refractivity contribution in [1.82, 2.24) is 69.6 Å². The molecule has 0 saturated heterocycles. The predicted molar refractivity (Wildman–Crippen MR) is 275 cm³/mol. The molecule has 0 fully saturated rings. The normalized spacial score (nSPS) is 13.0. The summed E-state index contributed by atoms with van der Waals surface area (Å²) in [4.78, 5) is 55.6. The lowest BCUT2D eigenvalue weighted by Gasteiger charge is -2.15. The van der Waals surface area contributed by atoms with Crippen LogP contribution >= 0.6 is 0 Å². The second-order valence-electron chi connectivity index (χ2n) is 19.5. The Morgan fingerprint density at radius 3 is 1.69 bits per heavy atom. The molecule has 0 unspecified atom stereocenters. The molecular weight excluding hydrogens is 1050 g/mol. The number of nitrogens with one attached hydrogen (secondary N) is 3. The lowest BCUT2D eigenvalue weighted by atomic mass is 10.1. The van der Waals surface area contributed by atoms with Crippen LogP contribution < -0.4 is 10.6 Å². The molecule has 2 amide bonds. The first kappa shape index (κ1) is 54.3. The maximum absolute atomic E-state index is 13.9. The third kappa shape index (κ3) is 11.6. The van der Waals surface area contributed by atoms with E-state index in [0.717, 1.165) is 42.7 Å². The molecule has 404 valence electrons. The minimum Gasteiger partial charge on any atom is -0.361 e. The summed E-state index contributed by atoms with van der Waals surface area (Å²) < 4.78 is 117. The first-order valence-corrected chi connectivity index (χ1v) is 27.7. The summed E-state index contributed by atoms with van der Waals surface area (Å²) in [5, 5.41) is 15.6. The summed E-state index contributed by atoms with van der Waals surface area (Å²) in [6.45, 7) is 10.5. The summed E-state index contributed by atoms with van der Waals surface area (Å²) in [6.07, 6.45) is -0.954. The number of aryl methyl sites for hydroxylation is 2. The van der Waals surface area contributed by atoms with Crippen molar-refractivity contribution in [2.75, 3.05) is 6.61 Å². The number of amides is 2. The van der Waals surface area contributed by atoms with Crippen molar-refractivity contribution in [3.05, 3.63) is 143 Å². The standard InChI is InChI=1S/C29H31F4N7O2Si.C23H17F4N7O/c1-17(22-12-18(8-9-34-22)29(31,32)33)36-28(41)21-15-40(16-42-10-11-43(3,4)5)27-26(21)37-23(14-35-27)25-20-7-6-19(30)13-24(20)39(2)38-25;1-11(16-7-12(5-6-28-16)23(25,26)27)31-22(35)15-9-29-21-20(15)32-17(10-30-21)19-14-4-3-13(24)8-18(14)34(2)33-19/h6-9,12-15,17H,10-11,16H2,1-5H3,(H,36,41);3-11H,1-2H3,(H,29,30)(H,31,35)/t17-;11-/m11/s1. The number of benzene rings is 2. The predicted octanol–water partition coefficient (Wildman–Crippen LogP) is 10.9. The van der Waals surface area contributed by atoms with Gasteiger partial charge in [-0.3, -0.25) is 28.9 Å². The summed E-state index contributed by atoms with van der Waals surface area (Å²) in [5.74, 6) is -1.94. The number of fused-ring (bicyclic) bond motifs is 4. The molecule has 8 heterocycles. The molecule has 78 heavy (non-hydrogen) atoms. The first-order valence-electron chi connectivity index (χ1n) is 24.0. The van der Waals surface area contributed by atoms with E-state index in [4.69, 9.17) is 9.72 Å². The summed E-state index contributed by atoms with van der Waals surface area (Å²) in [6, 6.07) is 11.4. The third-order valence-corrected chi connectivity index (χ3v) is 14.3. The van der Waals surface area contributed by atoms with Crippen molar-refractivity contribution in [3.8, 4) is 22.8 Å². The van der Waals surface area contributed by atoms with Crippen LogP contribution in [0.3, 0.4) is 0 Å². The number of alkyl halides is 6. The zero-order valence-electron chi connectivity index (χ0n) is 42.7. The molecule has 10 aromatic rings. The number of aromatic amines is 1. The second-order valence-corrected chi connectivity index (χ2v) is 25.2. The van der Waals surface area contributed by atoms with E-state index in [-0.39, 0.29) is 40.3 Å². The van der Waals surface area contributed by atoms with Gasteiger partial charge in [0.25, 0.3) is 11.8 Å². The van der Waals surface area contributed by atoms with Gasteiger partial charge in [-0.25, -0.2) is 28.7 Å². The van der Waals surface area contributed by atoms with Crippen LogP contribution in [-0.4, -0.2) is 85.5 Å². The number of aromatic nitrogens is 12. The fourth-order valence-corrected chi connectivity index (χ4v) is 9.17. The Morgan fingerprint density at radius 2 is 1.18 bits per heavy atom. The van der Waals surface area contributed by atoms with Gasteiger partial charge in [0, 0.05) is 64.3 Å². The number of ether oxygens (including phenoxy) is 1. The first-order chi connectivity index (χ1) is 36.8. The number of carbonyl (C=O) groups is 2. The van der Waals surface area contributed by atoms with E-state index in [1.165, 1.54) is 59.1 Å². The lowest BCUT2D eigenvalue weighted by Crippen LogP contribution is -2.27. The fourth-order valence-electron chi connectivity index (χ4n) is 8.41. The number of H-pyrrole nitrogens is 1. The highest BCUT2D eigenvalue weighted by Gasteiger charge is 2.33. The van der Waals surface area contributed by atoms with E-state index < -0.39 is 67.1 Å². The molecule has 0 aliphatic carbocycles. The molecular formula is C52H48F8N14O3Si. The zero-order chi connectivity index (χ0) is 56.0. The van der Waals surface area contributed by atoms with Crippen LogP contribution in [0, 0.1) is 11.6 Å². The monoisotopic (exact) mass is 1100 g/mol. The highest BCUT2D eigenvalue weighted by molar-refractivity contribution is 6.76. The van der Waals surface area contributed by atoms with Gasteiger partial charge in [0.15, 0.2) is 11.3 Å². The number of carbonyl (C=O) groups excluding carboxylic acids is 2. The van der Waals surface area contributed by atoms with Gasteiger partial charge >= 0.3 is 12.4 Å². The van der Waals surface area contributed by atoms with Crippen LogP contribution in [0.2, 0.25) is 25.7 Å². The SMILES string of the molecule is C[C@@H](NC(=O)c1c[nH]c2ncc(-c3nn(C)c4cc(F)ccc34)nc12)c1cc(C(F)(F)F)ccn1.C[C@@H](NC(=O)c1cn(COCC[Si](C)(C)C)c2ncc(-c3nn(C)c4cc(F)ccc34)nc12)c1cc(C(F)(F)F)ccn1. The van der Waals surface area contributed by atoms with E-state index in [2.05, 4.69) is 70.4 Å². The van der Waals surface area contributed by atoms with Crippen molar-refractivity contribution in [3.63, 3.8) is 0 Å². The van der Waals surface area contributed by atoms with Crippen molar-refractivity contribution < 1.29 is 49.4 Å². The third-order valence-electron chi connectivity index (χ3n) is 12.6. The number of hydrogen-bond donors (Lipinski definition) is 3. The van der Waals surface area contributed by atoms with E-state index in [1.807, 2.05) is 0 Å². The minimum absolute atomic E-state index is 0.0561. The Hall–Kier alpha value is -8.52. The molecule has 3 N–H and O–H groups in total. The van der Waals surface area contributed by atoms with Gasteiger partial charge in [0.1, 0.15) is 52.2 Å². The Kier molecular flexibility index (Phi) is 14.7. The average molecular weight is 1100 g/mol. The van der Waals surface area contributed by atoms with Gasteiger partial charge < -0.3 is 24.9 Å². The fraction of sp³-hybridized carbons (Fsp3) is 0.269. The van der Waals surface area contributed by atoms with Gasteiger partial charge in [-0.1, -0.05) is 19.6 Å². The van der Waals surface area contributed by atoms with E-state index in [1.54, 1.807) is 43.9 Å². The molecule has 0 spiro atoms. The van der Waals surface area contributed by atoms with Crippen molar-refractivity contribution in [2.24, 2.45) is 14.1 Å². The minimum atomic E-state index is -4.54. The van der Waals surface area contributed by atoms with Crippen LogP contribution in [0.5, 0.6) is 0 Å². The molecule has 8 aromatic heterocycles. The number of nitrogens with zero attached hydrogens (tertiary/aromatic N) is 11. The highest BCUT2D eigenvalue weighted by Crippen LogP contribution is 2.34. The smallest absolute Gasteiger partial charge is 0.361 e. The number of pyridine rings is 2. The van der Waals surface area contributed by atoms with Crippen LogP contribution in [0.15, 0.2) is 97.8 Å². The molecule has 0 saturated carbocycles. The summed E-state index contributed by atoms with van der Waals surface area (Å²) in [7, 11) is 2.03. The molecule has 17 nitrogen and oxygen atoms in total. The van der Waals surface area contributed by atoms with Crippen LogP contribution in [0.25, 0.3) is 66.9 Å². The zero-order valence-corrected chi connectivity index (χ0v) is 43.7. The topological polar surface area (TPSA) is 201 Å². The van der Waals surface area contributed by atoms with Crippen molar-refractivity contribution in [2.45, 2.75) is 70.7 Å². The van der Waals surface area contributed by atoms with Crippen molar-refractivity contribution in [1.29, 1.82) is 0 Å².